The highest BCUT2D eigenvalue weighted by Crippen LogP contribution is 2.30. The number of aliphatic hydroxyl groups excluding tert-OH is 1. The van der Waals surface area contributed by atoms with E-state index in [4.69, 9.17) is 5.11 Å². The van der Waals surface area contributed by atoms with Crippen molar-refractivity contribution in [3.63, 3.8) is 0 Å². The maximum Gasteiger partial charge on any atom is 0.416 e. The van der Waals surface area contributed by atoms with Crippen molar-refractivity contribution in [1.29, 1.82) is 0 Å². The van der Waals surface area contributed by atoms with E-state index in [9.17, 15) is 13.2 Å². The lowest BCUT2D eigenvalue weighted by Gasteiger charge is -2.32. The van der Waals surface area contributed by atoms with Gasteiger partial charge in [-0.05, 0) is 43.4 Å². The molecule has 1 N–H and O–H groups in total. The van der Waals surface area contributed by atoms with Gasteiger partial charge in [0.05, 0.1) is 5.56 Å². The van der Waals surface area contributed by atoms with Crippen LogP contribution < -0.4 is 0 Å². The minimum atomic E-state index is -4.28. The molecule has 1 saturated heterocycles. The van der Waals surface area contributed by atoms with Gasteiger partial charge in [0, 0.05) is 19.7 Å². The van der Waals surface area contributed by atoms with Gasteiger partial charge in [0.1, 0.15) is 0 Å². The fourth-order valence-electron chi connectivity index (χ4n) is 2.82. The van der Waals surface area contributed by atoms with E-state index in [-0.39, 0.29) is 6.61 Å². The lowest BCUT2D eigenvalue weighted by Crippen LogP contribution is -2.35. The highest BCUT2D eigenvalue weighted by atomic mass is 19.4. The Morgan fingerprint density at radius 2 is 2.10 bits per heavy atom. The number of nitrogens with zero attached hydrogens (tertiary/aromatic N) is 1. The van der Waals surface area contributed by atoms with E-state index in [0.717, 1.165) is 38.4 Å². The summed E-state index contributed by atoms with van der Waals surface area (Å²) in [7, 11) is 0. The van der Waals surface area contributed by atoms with Gasteiger partial charge in [-0.3, -0.25) is 4.90 Å². The van der Waals surface area contributed by atoms with Gasteiger partial charge in [0.15, 0.2) is 0 Å². The Morgan fingerprint density at radius 1 is 1.30 bits per heavy atom. The van der Waals surface area contributed by atoms with Crippen molar-refractivity contribution in [1.82, 2.24) is 4.90 Å². The van der Waals surface area contributed by atoms with Crippen LogP contribution in [0.15, 0.2) is 24.3 Å². The van der Waals surface area contributed by atoms with Crippen LogP contribution in [0.4, 0.5) is 13.2 Å². The molecular weight excluding hydrogens is 267 g/mol. The first-order valence-corrected chi connectivity index (χ1v) is 6.98. The first-order chi connectivity index (χ1) is 9.49. The van der Waals surface area contributed by atoms with E-state index in [2.05, 4.69) is 4.90 Å². The number of hydrogen-bond acceptors (Lipinski definition) is 2. The largest absolute Gasteiger partial charge is 0.416 e. The Balaban J connectivity index is 1.99. The fourth-order valence-corrected chi connectivity index (χ4v) is 2.82. The second-order valence-corrected chi connectivity index (χ2v) is 5.45. The standard InChI is InChI=1S/C15H20F3NO/c16-15(17,18)14-5-1-3-13(9-14)11-19-7-2-4-12(10-19)6-8-20/h1,3,5,9,12,20H,2,4,6-8,10-11H2. The third kappa shape index (κ3) is 4.21. The van der Waals surface area contributed by atoms with Gasteiger partial charge in [-0.1, -0.05) is 18.2 Å². The molecule has 0 saturated carbocycles. The summed E-state index contributed by atoms with van der Waals surface area (Å²) < 4.78 is 38.0. The van der Waals surface area contributed by atoms with Gasteiger partial charge in [0.25, 0.3) is 0 Å². The molecule has 20 heavy (non-hydrogen) atoms. The summed E-state index contributed by atoms with van der Waals surface area (Å²) in [5.74, 6) is 0.458. The maximum atomic E-state index is 12.7. The Labute approximate surface area is 117 Å². The van der Waals surface area contributed by atoms with Crippen molar-refractivity contribution in [2.45, 2.75) is 32.0 Å². The molecule has 1 aromatic rings. The number of benzene rings is 1. The zero-order valence-electron chi connectivity index (χ0n) is 11.4. The number of hydrogen-bond donors (Lipinski definition) is 1. The number of rotatable bonds is 4. The molecule has 1 aliphatic heterocycles. The topological polar surface area (TPSA) is 23.5 Å². The molecule has 0 bridgehead atoms. The first kappa shape index (κ1) is 15.3. The third-order valence-electron chi connectivity index (χ3n) is 3.80. The molecule has 1 aliphatic rings. The SMILES string of the molecule is OCCC1CCCN(Cc2cccc(C(F)(F)F)c2)C1. The van der Waals surface area contributed by atoms with Crippen LogP contribution in [0.3, 0.4) is 0 Å². The molecule has 0 amide bonds. The minimum absolute atomic E-state index is 0.183. The van der Waals surface area contributed by atoms with Gasteiger partial charge in [-0.15, -0.1) is 0 Å². The summed E-state index contributed by atoms with van der Waals surface area (Å²) in [5, 5.41) is 8.98. The highest BCUT2D eigenvalue weighted by molar-refractivity contribution is 5.25. The van der Waals surface area contributed by atoms with Crippen LogP contribution in [-0.4, -0.2) is 29.7 Å². The second kappa shape index (κ2) is 6.59. The maximum absolute atomic E-state index is 12.7. The number of piperidine rings is 1. The molecule has 1 fully saturated rings. The molecule has 0 aliphatic carbocycles. The van der Waals surface area contributed by atoms with E-state index in [1.54, 1.807) is 6.07 Å². The van der Waals surface area contributed by atoms with Crippen molar-refractivity contribution < 1.29 is 18.3 Å². The van der Waals surface area contributed by atoms with Crippen molar-refractivity contribution >= 4 is 0 Å². The minimum Gasteiger partial charge on any atom is -0.396 e. The Hall–Kier alpha value is -1.07. The van der Waals surface area contributed by atoms with Crippen molar-refractivity contribution in [3.8, 4) is 0 Å². The van der Waals surface area contributed by atoms with Crippen molar-refractivity contribution in [3.05, 3.63) is 35.4 Å². The average Bonchev–Trinajstić information content (AvgIpc) is 2.39. The molecule has 1 aromatic carbocycles. The van der Waals surface area contributed by atoms with Crippen LogP contribution >= 0.6 is 0 Å². The molecule has 2 rings (SSSR count). The quantitative estimate of drug-likeness (QED) is 0.918. The number of aliphatic hydroxyl groups is 1. The zero-order chi connectivity index (χ0) is 14.6. The van der Waals surface area contributed by atoms with E-state index in [0.29, 0.717) is 18.0 Å². The van der Waals surface area contributed by atoms with E-state index < -0.39 is 11.7 Å². The van der Waals surface area contributed by atoms with Gasteiger partial charge >= 0.3 is 6.18 Å². The number of likely N-dealkylation sites (tertiary alicyclic amines) is 1. The number of alkyl halides is 3. The molecule has 5 heteroatoms. The smallest absolute Gasteiger partial charge is 0.396 e. The third-order valence-corrected chi connectivity index (χ3v) is 3.80. The second-order valence-electron chi connectivity index (χ2n) is 5.45. The first-order valence-electron chi connectivity index (χ1n) is 6.98. The van der Waals surface area contributed by atoms with Crippen LogP contribution in [-0.2, 0) is 12.7 Å². The van der Waals surface area contributed by atoms with Crippen molar-refractivity contribution in [2.75, 3.05) is 19.7 Å². The molecule has 2 nitrogen and oxygen atoms in total. The Bertz CT molecular complexity index is 431. The van der Waals surface area contributed by atoms with Gasteiger partial charge in [-0.25, -0.2) is 0 Å². The Kier molecular flexibility index (Phi) is 5.05. The van der Waals surface area contributed by atoms with Crippen molar-refractivity contribution in [2.24, 2.45) is 5.92 Å². The molecule has 1 heterocycles. The van der Waals surface area contributed by atoms with Crippen LogP contribution in [0, 0.1) is 5.92 Å². The summed E-state index contributed by atoms with van der Waals surface area (Å²) in [4.78, 5) is 2.18. The van der Waals surface area contributed by atoms with E-state index in [1.165, 1.54) is 12.1 Å². The van der Waals surface area contributed by atoms with Gasteiger partial charge < -0.3 is 5.11 Å². The van der Waals surface area contributed by atoms with E-state index in [1.807, 2.05) is 0 Å². The summed E-state index contributed by atoms with van der Waals surface area (Å²) in [6.07, 6.45) is -1.36. The van der Waals surface area contributed by atoms with Gasteiger partial charge in [0.2, 0.25) is 0 Å². The van der Waals surface area contributed by atoms with E-state index >= 15 is 0 Å². The summed E-state index contributed by atoms with van der Waals surface area (Å²) in [5.41, 5.74) is 0.114. The van der Waals surface area contributed by atoms with Crippen LogP contribution in [0.1, 0.15) is 30.4 Å². The van der Waals surface area contributed by atoms with Crippen LogP contribution in [0.25, 0.3) is 0 Å². The summed E-state index contributed by atoms with van der Waals surface area (Å²) in [6, 6.07) is 5.54. The normalized spacial score (nSPS) is 21.1. The number of halogens is 3. The van der Waals surface area contributed by atoms with Crippen LogP contribution in [0.5, 0.6) is 0 Å². The molecule has 0 aromatic heterocycles. The monoisotopic (exact) mass is 287 g/mol. The summed E-state index contributed by atoms with van der Waals surface area (Å²) >= 11 is 0. The zero-order valence-corrected chi connectivity index (χ0v) is 11.4. The molecule has 0 spiro atoms. The Morgan fingerprint density at radius 3 is 2.80 bits per heavy atom. The average molecular weight is 287 g/mol. The lowest BCUT2D eigenvalue weighted by atomic mass is 9.95. The molecule has 112 valence electrons. The summed E-state index contributed by atoms with van der Waals surface area (Å²) in [6.45, 7) is 2.50. The van der Waals surface area contributed by atoms with Gasteiger partial charge in [-0.2, -0.15) is 13.2 Å². The lowest BCUT2D eigenvalue weighted by molar-refractivity contribution is -0.137. The molecule has 1 unspecified atom stereocenters. The van der Waals surface area contributed by atoms with Crippen LogP contribution in [0.2, 0.25) is 0 Å². The predicted molar refractivity (Wildman–Crippen MR) is 71.1 cm³/mol. The highest BCUT2D eigenvalue weighted by Gasteiger charge is 2.30. The fraction of sp³-hybridized carbons (Fsp3) is 0.600. The molecule has 1 atom stereocenters. The predicted octanol–water partition coefficient (Wildman–Crippen LogP) is 3.30. The molecular formula is C15H20F3NO. The molecule has 0 radical (unpaired) electrons.